The molecular weight excluding hydrogens is 236 g/mol. The number of carboxylic acids is 1. The molecule has 92 valence electrons. The molecule has 0 unspecified atom stereocenters. The van der Waals surface area contributed by atoms with E-state index < -0.39 is 5.97 Å². The van der Waals surface area contributed by atoms with Crippen molar-refractivity contribution in [3.05, 3.63) is 72.3 Å². The Morgan fingerprint density at radius 2 is 1.32 bits per heavy atom. The molecule has 0 amide bonds. The molecular formula is C17H12O2. The van der Waals surface area contributed by atoms with E-state index in [9.17, 15) is 9.90 Å². The summed E-state index contributed by atoms with van der Waals surface area (Å²) < 4.78 is 0. The minimum Gasteiger partial charge on any atom is -0.478 e. The standard InChI is InChI=1S/C17H12O2/c18-17(19)16-14-10-6-2-5-9-13(14)11-15(16)12-7-3-1-4-8-12/h1-11H,(H,18,19). The van der Waals surface area contributed by atoms with E-state index in [2.05, 4.69) is 0 Å². The highest BCUT2D eigenvalue weighted by molar-refractivity contribution is 6.05. The lowest BCUT2D eigenvalue weighted by molar-refractivity contribution is 0.0699. The van der Waals surface area contributed by atoms with E-state index in [0.717, 1.165) is 22.3 Å². The van der Waals surface area contributed by atoms with Gasteiger partial charge in [0, 0.05) is 0 Å². The molecule has 2 aliphatic carbocycles. The van der Waals surface area contributed by atoms with Crippen molar-refractivity contribution in [1.82, 2.24) is 0 Å². The van der Waals surface area contributed by atoms with Crippen LogP contribution in [0.4, 0.5) is 0 Å². The van der Waals surface area contributed by atoms with Gasteiger partial charge in [0.1, 0.15) is 0 Å². The van der Waals surface area contributed by atoms with Gasteiger partial charge >= 0.3 is 5.97 Å². The maximum Gasteiger partial charge on any atom is 0.336 e. The van der Waals surface area contributed by atoms with Gasteiger partial charge in [-0.3, -0.25) is 0 Å². The average Bonchev–Trinajstić information content (AvgIpc) is 2.64. The predicted octanol–water partition coefficient (Wildman–Crippen LogP) is 4.16. The maximum absolute atomic E-state index is 11.6. The summed E-state index contributed by atoms with van der Waals surface area (Å²) in [4.78, 5) is 11.6. The Balaban J connectivity index is 2.34. The third-order valence-electron chi connectivity index (χ3n) is 3.21. The molecule has 0 saturated carbocycles. The molecule has 0 heterocycles. The first kappa shape index (κ1) is 11.5. The molecule has 0 spiro atoms. The highest BCUT2D eigenvalue weighted by Gasteiger charge is 2.21. The fourth-order valence-electron chi connectivity index (χ4n) is 2.36. The van der Waals surface area contributed by atoms with Crippen molar-refractivity contribution < 1.29 is 9.90 Å². The van der Waals surface area contributed by atoms with Crippen LogP contribution in [0.25, 0.3) is 22.3 Å². The Morgan fingerprint density at radius 3 is 1.95 bits per heavy atom. The van der Waals surface area contributed by atoms with Crippen molar-refractivity contribution in [3.63, 3.8) is 0 Å². The van der Waals surface area contributed by atoms with Crippen molar-refractivity contribution in [2.45, 2.75) is 0 Å². The van der Waals surface area contributed by atoms with Crippen LogP contribution < -0.4 is 0 Å². The number of carboxylic acid groups (broad SMARTS) is 1. The van der Waals surface area contributed by atoms with Crippen LogP contribution in [0.2, 0.25) is 0 Å². The summed E-state index contributed by atoms with van der Waals surface area (Å²) in [5.74, 6) is -0.889. The van der Waals surface area contributed by atoms with Crippen LogP contribution in [0.3, 0.4) is 0 Å². The van der Waals surface area contributed by atoms with E-state index >= 15 is 0 Å². The SMILES string of the molecule is O=C(O)c1c2cccccc-2cc1-c1ccccc1. The molecule has 2 aliphatic rings. The number of carbonyl (C=O) groups is 1. The minimum absolute atomic E-state index is 0.373. The third-order valence-corrected chi connectivity index (χ3v) is 3.21. The summed E-state index contributed by atoms with van der Waals surface area (Å²) in [6.07, 6.45) is 0. The zero-order valence-corrected chi connectivity index (χ0v) is 10.2. The van der Waals surface area contributed by atoms with E-state index in [1.54, 1.807) is 0 Å². The predicted molar refractivity (Wildman–Crippen MR) is 75.5 cm³/mol. The number of benzene rings is 1. The molecule has 1 N–H and O–H groups in total. The number of hydrogen-bond acceptors (Lipinski definition) is 1. The normalized spacial score (nSPS) is 10.5. The van der Waals surface area contributed by atoms with Crippen LogP contribution in [-0.4, -0.2) is 11.1 Å². The van der Waals surface area contributed by atoms with Gasteiger partial charge < -0.3 is 5.11 Å². The number of rotatable bonds is 2. The summed E-state index contributed by atoms with van der Waals surface area (Å²) >= 11 is 0. The molecule has 19 heavy (non-hydrogen) atoms. The van der Waals surface area contributed by atoms with Crippen molar-refractivity contribution in [1.29, 1.82) is 0 Å². The zero-order valence-electron chi connectivity index (χ0n) is 10.2. The first-order valence-electron chi connectivity index (χ1n) is 6.08. The van der Waals surface area contributed by atoms with Crippen molar-refractivity contribution >= 4 is 5.97 Å². The molecule has 0 atom stereocenters. The van der Waals surface area contributed by atoms with Crippen LogP contribution in [0.1, 0.15) is 10.4 Å². The number of fused-ring (bicyclic) bond motifs is 1. The van der Waals surface area contributed by atoms with Crippen molar-refractivity contribution in [2.24, 2.45) is 0 Å². The molecule has 0 saturated heterocycles. The summed E-state index contributed by atoms with van der Waals surface area (Å²) in [5, 5.41) is 9.50. The van der Waals surface area contributed by atoms with Gasteiger partial charge in [0.2, 0.25) is 0 Å². The summed E-state index contributed by atoms with van der Waals surface area (Å²) in [7, 11) is 0. The Hall–Kier alpha value is -2.61. The third kappa shape index (κ3) is 1.97. The maximum atomic E-state index is 11.6. The molecule has 0 aromatic heterocycles. The summed E-state index contributed by atoms with van der Waals surface area (Å²) in [6.45, 7) is 0. The zero-order chi connectivity index (χ0) is 13.2. The van der Waals surface area contributed by atoms with E-state index in [1.807, 2.05) is 66.7 Å². The monoisotopic (exact) mass is 248 g/mol. The van der Waals surface area contributed by atoms with Crippen molar-refractivity contribution in [2.75, 3.05) is 0 Å². The second kappa shape index (κ2) is 4.58. The van der Waals surface area contributed by atoms with Gasteiger partial charge in [-0.25, -0.2) is 4.79 Å². The van der Waals surface area contributed by atoms with Gasteiger partial charge in [-0.1, -0.05) is 60.7 Å². The van der Waals surface area contributed by atoms with Gasteiger partial charge in [-0.2, -0.15) is 0 Å². The summed E-state index contributed by atoms with van der Waals surface area (Å²) in [6, 6.07) is 21.0. The van der Waals surface area contributed by atoms with Gasteiger partial charge in [-0.15, -0.1) is 0 Å². The largest absolute Gasteiger partial charge is 0.478 e. The highest BCUT2D eigenvalue weighted by Crippen LogP contribution is 2.37. The van der Waals surface area contributed by atoms with Crippen LogP contribution in [0, 0.1) is 0 Å². The second-order valence-electron chi connectivity index (χ2n) is 4.38. The smallest absolute Gasteiger partial charge is 0.336 e. The van der Waals surface area contributed by atoms with Gasteiger partial charge in [0.25, 0.3) is 0 Å². The number of aromatic carboxylic acids is 1. The van der Waals surface area contributed by atoms with E-state index in [0.29, 0.717) is 5.56 Å². The van der Waals surface area contributed by atoms with Gasteiger partial charge in [0.15, 0.2) is 0 Å². The van der Waals surface area contributed by atoms with Crippen LogP contribution in [0.5, 0.6) is 0 Å². The molecule has 1 aromatic rings. The molecule has 2 heteroatoms. The molecule has 0 radical (unpaired) electrons. The Kier molecular flexibility index (Phi) is 2.76. The van der Waals surface area contributed by atoms with Crippen molar-refractivity contribution in [3.8, 4) is 22.3 Å². The fraction of sp³-hybridized carbons (Fsp3) is 0. The molecule has 0 aliphatic heterocycles. The quantitative estimate of drug-likeness (QED) is 0.739. The molecule has 1 aromatic carbocycles. The van der Waals surface area contributed by atoms with E-state index in [4.69, 9.17) is 0 Å². The Bertz CT molecular complexity index is 702. The lowest BCUT2D eigenvalue weighted by atomic mass is 10.0. The molecule has 0 fully saturated rings. The lowest BCUT2D eigenvalue weighted by Crippen LogP contribution is -1.97. The van der Waals surface area contributed by atoms with Crippen LogP contribution >= 0.6 is 0 Å². The average molecular weight is 248 g/mol. The second-order valence-corrected chi connectivity index (χ2v) is 4.38. The van der Waals surface area contributed by atoms with Gasteiger partial charge in [-0.05, 0) is 28.3 Å². The number of hydrogen-bond donors (Lipinski definition) is 1. The summed E-state index contributed by atoms with van der Waals surface area (Å²) in [5.41, 5.74) is 3.79. The first-order chi connectivity index (χ1) is 9.27. The topological polar surface area (TPSA) is 37.3 Å². The molecule has 3 rings (SSSR count). The molecule has 2 nitrogen and oxygen atoms in total. The Labute approximate surface area is 111 Å². The first-order valence-corrected chi connectivity index (χ1v) is 6.08. The lowest BCUT2D eigenvalue weighted by Gasteiger charge is -2.01. The highest BCUT2D eigenvalue weighted by atomic mass is 16.4. The van der Waals surface area contributed by atoms with Gasteiger partial charge in [0.05, 0.1) is 5.56 Å². The van der Waals surface area contributed by atoms with E-state index in [-0.39, 0.29) is 0 Å². The van der Waals surface area contributed by atoms with Crippen LogP contribution in [0.15, 0.2) is 66.7 Å². The van der Waals surface area contributed by atoms with E-state index in [1.165, 1.54) is 0 Å². The fourth-order valence-corrected chi connectivity index (χ4v) is 2.36. The minimum atomic E-state index is -0.889. The molecule has 0 bridgehead atoms. The van der Waals surface area contributed by atoms with Crippen LogP contribution in [-0.2, 0) is 0 Å². The Morgan fingerprint density at radius 1 is 0.737 bits per heavy atom.